The summed E-state index contributed by atoms with van der Waals surface area (Å²) in [6.07, 6.45) is 3.15. The number of ether oxygens (including phenoxy) is 4. The zero-order valence-electron chi connectivity index (χ0n) is 15.5. The highest BCUT2D eigenvalue weighted by Crippen LogP contribution is 2.58. The number of benzene rings is 2. The summed E-state index contributed by atoms with van der Waals surface area (Å²) in [5.74, 6) is -0.223. The Bertz CT molecular complexity index is 1070. The van der Waals surface area contributed by atoms with Gasteiger partial charge in [0.25, 0.3) is 0 Å². The van der Waals surface area contributed by atoms with Crippen LogP contribution in [-0.4, -0.2) is 28.9 Å². The molecule has 2 unspecified atom stereocenters. The van der Waals surface area contributed by atoms with E-state index in [-0.39, 0.29) is 11.5 Å². The van der Waals surface area contributed by atoms with E-state index in [0.717, 1.165) is 5.56 Å². The van der Waals surface area contributed by atoms with Crippen LogP contribution in [0.25, 0.3) is 6.08 Å². The first-order valence-corrected chi connectivity index (χ1v) is 8.86. The number of hydrogen-bond donors (Lipinski definition) is 2. The van der Waals surface area contributed by atoms with Gasteiger partial charge in [0.15, 0.2) is 11.5 Å². The quantitative estimate of drug-likeness (QED) is 0.443. The number of aromatic hydroxyl groups is 2. The topological polar surface area (TPSA) is 94.5 Å². The van der Waals surface area contributed by atoms with Crippen LogP contribution in [0.2, 0.25) is 0 Å². The number of carbonyl (C=O) groups is 1. The zero-order chi connectivity index (χ0) is 19.8. The van der Waals surface area contributed by atoms with E-state index in [9.17, 15) is 15.0 Å². The molecule has 0 fully saturated rings. The second-order valence-electron chi connectivity index (χ2n) is 7.59. The SMILES string of the molecule is COc1c2c(cc3c1C1Oc4cc(O)c(O)cc4C1C(=O)O3)OC(C)(C)C=C2. The molecule has 0 saturated carbocycles. The molecule has 28 heavy (non-hydrogen) atoms. The third-order valence-corrected chi connectivity index (χ3v) is 5.26. The van der Waals surface area contributed by atoms with Crippen LogP contribution in [0.1, 0.15) is 42.6 Å². The van der Waals surface area contributed by atoms with Gasteiger partial charge in [-0.05, 0) is 32.1 Å². The fourth-order valence-corrected chi connectivity index (χ4v) is 4.00. The van der Waals surface area contributed by atoms with Crippen LogP contribution in [0.5, 0.6) is 34.5 Å². The van der Waals surface area contributed by atoms with E-state index in [1.54, 1.807) is 6.07 Å². The van der Waals surface area contributed by atoms with Gasteiger partial charge in [0.2, 0.25) is 0 Å². The first-order valence-electron chi connectivity index (χ1n) is 8.86. The second-order valence-corrected chi connectivity index (χ2v) is 7.59. The summed E-state index contributed by atoms with van der Waals surface area (Å²) in [4.78, 5) is 12.8. The highest BCUT2D eigenvalue weighted by Gasteiger charge is 2.49. The second kappa shape index (κ2) is 5.34. The number of esters is 1. The Labute approximate surface area is 160 Å². The molecule has 5 rings (SSSR count). The smallest absolute Gasteiger partial charge is 0.323 e. The number of phenols is 2. The Morgan fingerprint density at radius 1 is 1.07 bits per heavy atom. The minimum Gasteiger partial charge on any atom is -0.504 e. The molecule has 3 aliphatic rings. The van der Waals surface area contributed by atoms with Gasteiger partial charge in [0.05, 0.1) is 18.2 Å². The van der Waals surface area contributed by atoms with E-state index >= 15 is 0 Å². The van der Waals surface area contributed by atoms with Crippen LogP contribution >= 0.6 is 0 Å². The van der Waals surface area contributed by atoms with Gasteiger partial charge in [-0.15, -0.1) is 0 Å². The maximum absolute atomic E-state index is 12.8. The summed E-state index contributed by atoms with van der Waals surface area (Å²) < 4.78 is 23.3. The Morgan fingerprint density at radius 2 is 1.82 bits per heavy atom. The first-order chi connectivity index (χ1) is 13.3. The Hall–Kier alpha value is -3.35. The molecule has 0 bridgehead atoms. The van der Waals surface area contributed by atoms with E-state index in [2.05, 4.69) is 0 Å². The molecular formula is C21H18O7. The average Bonchev–Trinajstić information content (AvgIpc) is 2.98. The Morgan fingerprint density at radius 3 is 2.57 bits per heavy atom. The fourth-order valence-electron chi connectivity index (χ4n) is 4.00. The molecule has 3 aliphatic heterocycles. The van der Waals surface area contributed by atoms with Gasteiger partial charge in [-0.25, -0.2) is 0 Å². The van der Waals surface area contributed by atoms with Gasteiger partial charge in [0, 0.05) is 17.7 Å². The van der Waals surface area contributed by atoms with Crippen molar-refractivity contribution in [3.05, 3.63) is 41.0 Å². The first kappa shape index (κ1) is 16.8. The lowest BCUT2D eigenvalue weighted by Gasteiger charge is -2.33. The van der Waals surface area contributed by atoms with Gasteiger partial charge >= 0.3 is 5.97 Å². The molecule has 2 aromatic carbocycles. The highest BCUT2D eigenvalue weighted by atomic mass is 16.6. The van der Waals surface area contributed by atoms with E-state index in [1.165, 1.54) is 19.2 Å². The number of methoxy groups -OCH3 is 1. The normalized spacial score (nSPS) is 22.8. The van der Waals surface area contributed by atoms with Gasteiger partial charge in [-0.3, -0.25) is 4.79 Å². The number of rotatable bonds is 1. The molecule has 2 N–H and O–H groups in total. The predicted octanol–water partition coefficient (Wildman–Crippen LogP) is 3.43. The van der Waals surface area contributed by atoms with E-state index < -0.39 is 23.6 Å². The highest BCUT2D eigenvalue weighted by molar-refractivity contribution is 5.88. The standard InChI is InChI=1S/C21H18O7/c1-21(2)5-4-9-14(28-21)8-15-17(18(9)25-3)19-16(20(24)27-15)10-6-11(22)12(23)7-13(10)26-19/h4-8,16,19,22-23H,1-3H3. The predicted molar refractivity (Wildman–Crippen MR) is 98.3 cm³/mol. The Kier molecular flexibility index (Phi) is 3.21. The third-order valence-electron chi connectivity index (χ3n) is 5.26. The average molecular weight is 382 g/mol. The van der Waals surface area contributed by atoms with Gasteiger partial charge in [-0.1, -0.05) is 0 Å². The van der Waals surface area contributed by atoms with Crippen molar-refractivity contribution in [2.75, 3.05) is 7.11 Å². The molecule has 7 nitrogen and oxygen atoms in total. The molecule has 0 amide bonds. The van der Waals surface area contributed by atoms with E-state index in [0.29, 0.717) is 34.1 Å². The molecule has 3 heterocycles. The van der Waals surface area contributed by atoms with Crippen LogP contribution in [0.3, 0.4) is 0 Å². The van der Waals surface area contributed by atoms with Crippen molar-refractivity contribution in [2.45, 2.75) is 31.5 Å². The molecule has 144 valence electrons. The summed E-state index contributed by atoms with van der Waals surface area (Å²) >= 11 is 0. The molecule has 0 aromatic heterocycles. The summed E-state index contributed by atoms with van der Waals surface area (Å²) in [5.41, 5.74) is 1.29. The lowest BCUT2D eigenvalue weighted by atomic mass is 9.86. The molecule has 2 aromatic rings. The maximum Gasteiger partial charge on any atom is 0.323 e. The third kappa shape index (κ3) is 2.19. The summed E-state index contributed by atoms with van der Waals surface area (Å²) in [7, 11) is 1.54. The monoisotopic (exact) mass is 382 g/mol. The minimum atomic E-state index is -0.772. The van der Waals surface area contributed by atoms with Crippen molar-refractivity contribution in [2.24, 2.45) is 0 Å². The summed E-state index contributed by atoms with van der Waals surface area (Å²) in [6.45, 7) is 3.85. The van der Waals surface area contributed by atoms with Crippen molar-refractivity contribution in [3.63, 3.8) is 0 Å². The van der Waals surface area contributed by atoms with Gasteiger partial charge in [0.1, 0.15) is 40.6 Å². The number of phenolic OH excluding ortho intramolecular Hbond substituents is 2. The number of fused-ring (bicyclic) bond motifs is 6. The van der Waals surface area contributed by atoms with Crippen LogP contribution in [0.4, 0.5) is 0 Å². The summed E-state index contributed by atoms with van der Waals surface area (Å²) in [6, 6.07) is 4.30. The van der Waals surface area contributed by atoms with Crippen LogP contribution in [0.15, 0.2) is 24.3 Å². The molecule has 7 heteroatoms. The van der Waals surface area contributed by atoms with Gasteiger partial charge in [-0.2, -0.15) is 0 Å². The van der Waals surface area contributed by atoms with Crippen LogP contribution in [0, 0.1) is 0 Å². The maximum atomic E-state index is 12.8. The fraction of sp³-hybridized carbons (Fsp3) is 0.286. The van der Waals surface area contributed by atoms with Gasteiger partial charge < -0.3 is 29.2 Å². The van der Waals surface area contributed by atoms with Crippen molar-refractivity contribution < 1.29 is 34.0 Å². The van der Waals surface area contributed by atoms with Crippen molar-refractivity contribution in [3.8, 4) is 34.5 Å². The van der Waals surface area contributed by atoms with Crippen molar-refractivity contribution in [1.29, 1.82) is 0 Å². The lowest BCUT2D eigenvalue weighted by Crippen LogP contribution is -2.31. The zero-order valence-corrected chi connectivity index (χ0v) is 15.5. The van der Waals surface area contributed by atoms with Crippen LogP contribution < -0.4 is 18.9 Å². The van der Waals surface area contributed by atoms with Crippen molar-refractivity contribution in [1.82, 2.24) is 0 Å². The van der Waals surface area contributed by atoms with E-state index in [1.807, 2.05) is 26.0 Å². The van der Waals surface area contributed by atoms with Crippen molar-refractivity contribution >= 4 is 12.0 Å². The van der Waals surface area contributed by atoms with Crippen LogP contribution in [-0.2, 0) is 4.79 Å². The lowest BCUT2D eigenvalue weighted by molar-refractivity contribution is -0.139. The number of carbonyl (C=O) groups excluding carboxylic acids is 1. The molecule has 0 aliphatic carbocycles. The molecular weight excluding hydrogens is 364 g/mol. The van der Waals surface area contributed by atoms with E-state index in [4.69, 9.17) is 18.9 Å². The number of hydrogen-bond acceptors (Lipinski definition) is 7. The minimum absolute atomic E-state index is 0.314. The summed E-state index contributed by atoms with van der Waals surface area (Å²) in [5, 5.41) is 19.6. The molecule has 0 radical (unpaired) electrons. The largest absolute Gasteiger partial charge is 0.504 e. The molecule has 2 atom stereocenters. The Balaban J connectivity index is 1.71. The molecule has 0 saturated heterocycles. The molecule has 0 spiro atoms.